The molecule has 0 aliphatic heterocycles. The van der Waals surface area contributed by atoms with Crippen molar-refractivity contribution < 1.29 is 29.0 Å². The van der Waals surface area contributed by atoms with E-state index in [0.29, 0.717) is 18.9 Å². The zero-order valence-electron chi connectivity index (χ0n) is 15.3. The first-order valence-electron chi connectivity index (χ1n) is 8.91. The topological polar surface area (TPSA) is 89.9 Å². The normalized spacial score (nSPS) is 21.9. The fraction of sp³-hybridized carbons (Fsp3) is 0.550. The van der Waals surface area contributed by atoms with Gasteiger partial charge in [0.2, 0.25) is 0 Å². The lowest BCUT2D eigenvalue weighted by Gasteiger charge is -2.43. The van der Waals surface area contributed by atoms with E-state index < -0.39 is 29.6 Å². The molecule has 0 saturated heterocycles. The van der Waals surface area contributed by atoms with Gasteiger partial charge in [0.15, 0.2) is 5.78 Å². The Morgan fingerprint density at radius 3 is 2.42 bits per heavy atom. The van der Waals surface area contributed by atoms with Gasteiger partial charge in [0.25, 0.3) is 0 Å². The summed E-state index contributed by atoms with van der Waals surface area (Å²) in [6.07, 6.45) is 0.109. The van der Waals surface area contributed by atoms with Crippen LogP contribution in [0.15, 0.2) is 30.3 Å². The molecule has 26 heavy (non-hydrogen) atoms. The first kappa shape index (κ1) is 20.1. The molecule has 6 nitrogen and oxygen atoms in total. The van der Waals surface area contributed by atoms with Gasteiger partial charge in [-0.3, -0.25) is 14.4 Å². The maximum absolute atomic E-state index is 12.5. The number of hydrogen-bond donors (Lipinski definition) is 1. The van der Waals surface area contributed by atoms with Crippen molar-refractivity contribution in [2.75, 3.05) is 6.61 Å². The van der Waals surface area contributed by atoms with Crippen LogP contribution in [0.4, 0.5) is 0 Å². The van der Waals surface area contributed by atoms with Crippen molar-refractivity contribution in [1.29, 1.82) is 0 Å². The van der Waals surface area contributed by atoms with E-state index in [-0.39, 0.29) is 25.6 Å². The number of benzene rings is 1. The van der Waals surface area contributed by atoms with Gasteiger partial charge in [-0.2, -0.15) is 0 Å². The number of carbonyl (C=O) groups is 3. The Labute approximate surface area is 153 Å². The van der Waals surface area contributed by atoms with Crippen LogP contribution < -0.4 is 0 Å². The van der Waals surface area contributed by atoms with E-state index >= 15 is 0 Å². The lowest BCUT2D eigenvalue weighted by atomic mass is 9.63. The summed E-state index contributed by atoms with van der Waals surface area (Å²) in [6.45, 7) is 4.64. The molecule has 2 rings (SSSR count). The summed E-state index contributed by atoms with van der Waals surface area (Å²) >= 11 is 0. The summed E-state index contributed by atoms with van der Waals surface area (Å²) in [5, 5.41) is 8.91. The minimum atomic E-state index is -1.38. The first-order chi connectivity index (χ1) is 12.3. The maximum Gasteiger partial charge on any atom is 0.319 e. The van der Waals surface area contributed by atoms with Gasteiger partial charge in [0, 0.05) is 0 Å². The van der Waals surface area contributed by atoms with Crippen molar-refractivity contribution in [3.63, 3.8) is 0 Å². The minimum Gasteiger partial charge on any atom is -0.481 e. The molecule has 0 radical (unpaired) electrons. The smallest absolute Gasteiger partial charge is 0.319 e. The molecule has 0 heterocycles. The quantitative estimate of drug-likeness (QED) is 0.508. The number of ether oxygens (including phenoxy) is 2. The summed E-state index contributed by atoms with van der Waals surface area (Å²) in [7, 11) is 0. The molecule has 142 valence electrons. The average molecular weight is 362 g/mol. The SMILES string of the molecule is CC(C)CCOC(=O)C1(C(=O)CC(=O)O)CC(OCc2ccccc2)C1. The first-order valence-corrected chi connectivity index (χ1v) is 8.91. The molecule has 1 aromatic rings. The van der Waals surface area contributed by atoms with Crippen LogP contribution in [0.1, 0.15) is 45.1 Å². The highest BCUT2D eigenvalue weighted by Gasteiger charge is 2.57. The molecule has 1 aliphatic rings. The second-order valence-corrected chi connectivity index (χ2v) is 7.22. The third-order valence-corrected chi connectivity index (χ3v) is 4.65. The van der Waals surface area contributed by atoms with E-state index in [2.05, 4.69) is 0 Å². The number of Topliss-reactive ketones (excluding diaryl/α,β-unsaturated/α-hetero) is 1. The third-order valence-electron chi connectivity index (χ3n) is 4.65. The molecule has 1 saturated carbocycles. The number of rotatable bonds is 10. The molecule has 1 aliphatic carbocycles. The number of esters is 1. The Bertz CT molecular complexity index is 631. The number of hydrogen-bond acceptors (Lipinski definition) is 5. The zero-order valence-corrected chi connectivity index (χ0v) is 15.3. The lowest BCUT2D eigenvalue weighted by molar-refractivity contribution is -0.180. The minimum absolute atomic E-state index is 0.173. The second kappa shape index (κ2) is 8.94. The molecule has 0 atom stereocenters. The standard InChI is InChI=1S/C20H26O6/c1-14(2)8-9-25-19(24)20(17(21)10-18(22)23)11-16(12-20)26-13-15-6-4-3-5-7-15/h3-7,14,16H,8-13H2,1-2H3,(H,22,23). The maximum atomic E-state index is 12.5. The number of carboxylic acids is 1. The predicted octanol–water partition coefficient (Wildman–Crippen LogP) is 2.99. The van der Waals surface area contributed by atoms with Crippen LogP contribution in [-0.4, -0.2) is 35.5 Å². The number of carboxylic acid groups (broad SMARTS) is 1. The fourth-order valence-electron chi connectivity index (χ4n) is 2.96. The molecule has 0 bridgehead atoms. The number of ketones is 1. The summed E-state index contributed by atoms with van der Waals surface area (Å²) < 4.78 is 11.0. The van der Waals surface area contributed by atoms with Crippen molar-refractivity contribution in [3.8, 4) is 0 Å². The average Bonchev–Trinajstić information content (AvgIpc) is 2.53. The summed E-state index contributed by atoms with van der Waals surface area (Å²) in [5.41, 5.74) is -0.377. The van der Waals surface area contributed by atoms with Crippen LogP contribution in [0.25, 0.3) is 0 Å². The second-order valence-electron chi connectivity index (χ2n) is 7.22. The van der Waals surface area contributed by atoms with Crippen LogP contribution in [0, 0.1) is 11.3 Å². The van der Waals surface area contributed by atoms with Gasteiger partial charge < -0.3 is 14.6 Å². The predicted molar refractivity (Wildman–Crippen MR) is 94.4 cm³/mol. The summed E-state index contributed by atoms with van der Waals surface area (Å²) in [4.78, 5) is 35.8. The summed E-state index contributed by atoms with van der Waals surface area (Å²) in [6, 6.07) is 9.59. The third kappa shape index (κ3) is 5.14. The van der Waals surface area contributed by atoms with Crippen LogP contribution in [0.2, 0.25) is 0 Å². The van der Waals surface area contributed by atoms with Gasteiger partial charge in [-0.1, -0.05) is 44.2 Å². The molecule has 6 heteroatoms. The Balaban J connectivity index is 1.94. The highest BCUT2D eigenvalue weighted by molar-refractivity contribution is 6.10. The van der Waals surface area contributed by atoms with E-state index in [0.717, 1.165) is 5.56 Å². The van der Waals surface area contributed by atoms with Gasteiger partial charge in [0.1, 0.15) is 11.8 Å². The Morgan fingerprint density at radius 2 is 1.85 bits per heavy atom. The molecule has 0 unspecified atom stereocenters. The highest BCUT2D eigenvalue weighted by atomic mass is 16.5. The van der Waals surface area contributed by atoms with Gasteiger partial charge in [-0.15, -0.1) is 0 Å². The van der Waals surface area contributed by atoms with E-state index in [1.54, 1.807) is 0 Å². The fourth-order valence-corrected chi connectivity index (χ4v) is 2.96. The van der Waals surface area contributed by atoms with E-state index in [1.807, 2.05) is 44.2 Å². The molecule has 0 spiro atoms. The van der Waals surface area contributed by atoms with Crippen LogP contribution >= 0.6 is 0 Å². The van der Waals surface area contributed by atoms with Crippen molar-refractivity contribution in [2.45, 2.75) is 52.2 Å². The van der Waals surface area contributed by atoms with Gasteiger partial charge in [0.05, 0.1) is 19.3 Å². The number of carbonyl (C=O) groups excluding carboxylic acids is 2. The van der Waals surface area contributed by atoms with Crippen molar-refractivity contribution >= 4 is 17.7 Å². The Morgan fingerprint density at radius 1 is 1.19 bits per heavy atom. The molecule has 0 amide bonds. The molecule has 0 aromatic heterocycles. The van der Waals surface area contributed by atoms with Crippen LogP contribution in [0.3, 0.4) is 0 Å². The van der Waals surface area contributed by atoms with Gasteiger partial charge >= 0.3 is 11.9 Å². The van der Waals surface area contributed by atoms with Crippen molar-refractivity contribution in [3.05, 3.63) is 35.9 Å². The molecular formula is C20H26O6. The van der Waals surface area contributed by atoms with Crippen molar-refractivity contribution in [2.24, 2.45) is 11.3 Å². The largest absolute Gasteiger partial charge is 0.481 e. The Kier molecular flexibility index (Phi) is 6.91. The van der Waals surface area contributed by atoms with E-state index in [9.17, 15) is 14.4 Å². The van der Waals surface area contributed by atoms with E-state index in [4.69, 9.17) is 14.6 Å². The lowest BCUT2D eigenvalue weighted by Crippen LogP contribution is -2.54. The zero-order chi connectivity index (χ0) is 19.2. The van der Waals surface area contributed by atoms with Crippen LogP contribution in [0.5, 0.6) is 0 Å². The molecule has 1 N–H and O–H groups in total. The number of aliphatic carboxylic acids is 1. The highest BCUT2D eigenvalue weighted by Crippen LogP contribution is 2.46. The molecule has 1 fully saturated rings. The molecule has 1 aromatic carbocycles. The van der Waals surface area contributed by atoms with Gasteiger partial charge in [-0.05, 0) is 30.7 Å². The van der Waals surface area contributed by atoms with Gasteiger partial charge in [-0.25, -0.2) is 0 Å². The molecular weight excluding hydrogens is 336 g/mol. The monoisotopic (exact) mass is 362 g/mol. The van der Waals surface area contributed by atoms with Crippen molar-refractivity contribution in [1.82, 2.24) is 0 Å². The van der Waals surface area contributed by atoms with Crippen LogP contribution in [-0.2, 0) is 30.5 Å². The summed E-state index contributed by atoms with van der Waals surface area (Å²) in [5.74, 6) is -2.09. The van der Waals surface area contributed by atoms with E-state index in [1.165, 1.54) is 0 Å². The Hall–Kier alpha value is -2.21.